The maximum Gasteiger partial charge on any atom is 0.188 e. The third kappa shape index (κ3) is 6.55. The van der Waals surface area contributed by atoms with E-state index in [0.717, 1.165) is 31.8 Å². The van der Waals surface area contributed by atoms with Crippen LogP contribution in [-0.2, 0) is 6.42 Å². The average molecular weight is 432 g/mol. The van der Waals surface area contributed by atoms with Crippen LogP contribution in [0.4, 0.5) is 0 Å². The van der Waals surface area contributed by atoms with Crippen LogP contribution in [0.5, 0.6) is 5.75 Å². The molecule has 130 valence electrons. The van der Waals surface area contributed by atoms with Gasteiger partial charge in [0.25, 0.3) is 0 Å². The molecular weight excluding hydrogens is 403 g/mol. The molecular formula is C17H29IN4O. The molecule has 0 aliphatic carbocycles. The highest BCUT2D eigenvalue weighted by molar-refractivity contribution is 14.0. The van der Waals surface area contributed by atoms with Gasteiger partial charge in [0.1, 0.15) is 5.75 Å². The number of hydrogen-bond donors (Lipinski definition) is 2. The summed E-state index contributed by atoms with van der Waals surface area (Å²) in [6, 6.07) is 8.66. The number of likely N-dealkylation sites (tertiary alicyclic amines) is 1. The summed E-state index contributed by atoms with van der Waals surface area (Å²) in [6.45, 7) is 6.08. The number of nitrogens with one attached hydrogen (secondary N) is 1. The first-order valence-electron chi connectivity index (χ1n) is 8.13. The van der Waals surface area contributed by atoms with E-state index in [0.29, 0.717) is 12.0 Å². The molecule has 23 heavy (non-hydrogen) atoms. The van der Waals surface area contributed by atoms with Gasteiger partial charge in [-0.15, -0.1) is 24.0 Å². The van der Waals surface area contributed by atoms with Gasteiger partial charge in [0.15, 0.2) is 5.96 Å². The predicted molar refractivity (Wildman–Crippen MR) is 107 cm³/mol. The number of guanidine groups is 1. The van der Waals surface area contributed by atoms with E-state index in [4.69, 9.17) is 10.5 Å². The van der Waals surface area contributed by atoms with Gasteiger partial charge < -0.3 is 15.8 Å². The van der Waals surface area contributed by atoms with E-state index in [1.807, 2.05) is 18.2 Å². The molecule has 3 N–H and O–H groups in total. The van der Waals surface area contributed by atoms with Gasteiger partial charge >= 0.3 is 0 Å². The van der Waals surface area contributed by atoms with Crippen LogP contribution in [0.2, 0.25) is 0 Å². The van der Waals surface area contributed by atoms with Crippen LogP contribution in [0.25, 0.3) is 0 Å². The topological polar surface area (TPSA) is 62.9 Å². The fourth-order valence-electron chi connectivity index (χ4n) is 2.94. The lowest BCUT2D eigenvalue weighted by atomic mass is 10.1. The fourth-order valence-corrected chi connectivity index (χ4v) is 2.94. The van der Waals surface area contributed by atoms with Crippen molar-refractivity contribution < 1.29 is 4.74 Å². The average Bonchev–Trinajstić information content (AvgIpc) is 3.00. The minimum Gasteiger partial charge on any atom is -0.497 e. The molecule has 1 fully saturated rings. The summed E-state index contributed by atoms with van der Waals surface area (Å²) in [6.07, 6.45) is 3.41. The van der Waals surface area contributed by atoms with E-state index in [2.05, 4.69) is 28.2 Å². The van der Waals surface area contributed by atoms with Crippen LogP contribution in [-0.4, -0.2) is 50.2 Å². The van der Waals surface area contributed by atoms with Crippen LogP contribution >= 0.6 is 24.0 Å². The number of likely N-dealkylation sites (N-methyl/N-ethyl adjacent to an activating group) is 1. The lowest BCUT2D eigenvalue weighted by molar-refractivity contribution is 0.273. The van der Waals surface area contributed by atoms with Gasteiger partial charge in [-0.05, 0) is 50.0 Å². The Morgan fingerprint density at radius 3 is 3.04 bits per heavy atom. The van der Waals surface area contributed by atoms with Gasteiger partial charge in [-0.3, -0.25) is 9.89 Å². The second-order valence-corrected chi connectivity index (χ2v) is 5.68. The fraction of sp³-hybridized carbons (Fsp3) is 0.588. The number of halogens is 1. The predicted octanol–water partition coefficient (Wildman–Crippen LogP) is 2.24. The molecule has 5 nitrogen and oxygen atoms in total. The molecule has 0 bridgehead atoms. The first-order valence-corrected chi connectivity index (χ1v) is 8.13. The van der Waals surface area contributed by atoms with Crippen molar-refractivity contribution in [2.24, 2.45) is 10.7 Å². The van der Waals surface area contributed by atoms with E-state index < -0.39 is 0 Å². The van der Waals surface area contributed by atoms with Crippen molar-refractivity contribution in [3.05, 3.63) is 29.8 Å². The maximum atomic E-state index is 5.95. The lowest BCUT2D eigenvalue weighted by Gasteiger charge is -2.20. The maximum absolute atomic E-state index is 5.95. The van der Waals surface area contributed by atoms with Gasteiger partial charge in [-0.1, -0.05) is 19.1 Å². The Balaban J connectivity index is 0.00000264. The summed E-state index contributed by atoms with van der Waals surface area (Å²) in [5.74, 6) is 1.44. The van der Waals surface area contributed by atoms with Crippen LogP contribution in [0.15, 0.2) is 29.3 Å². The Kier molecular flexibility index (Phi) is 9.31. The van der Waals surface area contributed by atoms with Crippen LogP contribution in [0.1, 0.15) is 25.3 Å². The van der Waals surface area contributed by atoms with Crippen LogP contribution < -0.4 is 15.8 Å². The molecule has 1 aliphatic heterocycles. The van der Waals surface area contributed by atoms with E-state index >= 15 is 0 Å². The largest absolute Gasteiger partial charge is 0.497 e. The van der Waals surface area contributed by atoms with Crippen molar-refractivity contribution >= 4 is 29.9 Å². The Morgan fingerprint density at radius 1 is 1.48 bits per heavy atom. The zero-order chi connectivity index (χ0) is 15.8. The Bertz CT molecular complexity index is 495. The van der Waals surface area contributed by atoms with Crippen molar-refractivity contribution in [1.82, 2.24) is 10.2 Å². The minimum atomic E-state index is 0. The van der Waals surface area contributed by atoms with E-state index in [1.165, 1.54) is 24.9 Å². The lowest BCUT2D eigenvalue weighted by Crippen LogP contribution is -2.36. The first kappa shape index (κ1) is 20.0. The molecule has 1 saturated heterocycles. The van der Waals surface area contributed by atoms with Gasteiger partial charge in [0, 0.05) is 12.6 Å². The molecule has 0 radical (unpaired) electrons. The minimum absolute atomic E-state index is 0. The molecule has 0 saturated carbocycles. The summed E-state index contributed by atoms with van der Waals surface area (Å²) >= 11 is 0. The Hall–Kier alpha value is -1.02. The summed E-state index contributed by atoms with van der Waals surface area (Å²) in [4.78, 5) is 6.97. The van der Waals surface area contributed by atoms with E-state index in [1.54, 1.807) is 7.11 Å². The smallest absolute Gasteiger partial charge is 0.188 e. The van der Waals surface area contributed by atoms with Gasteiger partial charge in [-0.2, -0.15) is 0 Å². The number of methoxy groups -OCH3 is 1. The highest BCUT2D eigenvalue weighted by atomic mass is 127. The van der Waals surface area contributed by atoms with Crippen LogP contribution in [0, 0.1) is 0 Å². The quantitative estimate of drug-likeness (QED) is 0.394. The summed E-state index contributed by atoms with van der Waals surface area (Å²) in [7, 11) is 1.69. The highest BCUT2D eigenvalue weighted by Crippen LogP contribution is 2.16. The van der Waals surface area contributed by atoms with Gasteiger partial charge in [0.05, 0.1) is 13.7 Å². The zero-order valence-corrected chi connectivity index (χ0v) is 16.5. The number of nitrogens with two attached hydrogens (primary N) is 1. The van der Waals surface area contributed by atoms with Crippen LogP contribution in [0.3, 0.4) is 0 Å². The summed E-state index contributed by atoms with van der Waals surface area (Å²) < 4.78 is 5.22. The molecule has 1 aliphatic rings. The van der Waals surface area contributed by atoms with Crippen molar-refractivity contribution in [1.29, 1.82) is 0 Å². The number of hydrogen-bond acceptors (Lipinski definition) is 3. The van der Waals surface area contributed by atoms with Gasteiger partial charge in [0.2, 0.25) is 0 Å². The van der Waals surface area contributed by atoms with E-state index in [-0.39, 0.29) is 24.0 Å². The number of benzene rings is 1. The monoisotopic (exact) mass is 432 g/mol. The molecule has 1 atom stereocenters. The number of rotatable bonds is 7. The number of nitrogens with zero attached hydrogens (tertiary/aromatic N) is 2. The molecule has 1 aromatic carbocycles. The van der Waals surface area contributed by atoms with Gasteiger partial charge in [-0.25, -0.2) is 0 Å². The van der Waals surface area contributed by atoms with Crippen molar-refractivity contribution in [2.75, 3.05) is 33.3 Å². The zero-order valence-electron chi connectivity index (χ0n) is 14.1. The number of ether oxygens (including phenoxy) is 1. The van der Waals surface area contributed by atoms with Crippen molar-refractivity contribution in [3.63, 3.8) is 0 Å². The Labute approximate surface area is 156 Å². The third-order valence-electron chi connectivity index (χ3n) is 4.23. The second-order valence-electron chi connectivity index (χ2n) is 5.68. The number of aliphatic imine (C=N–C) groups is 1. The third-order valence-corrected chi connectivity index (χ3v) is 4.23. The van der Waals surface area contributed by atoms with E-state index in [9.17, 15) is 0 Å². The molecule has 1 unspecified atom stereocenters. The molecule has 6 heteroatoms. The molecule has 1 heterocycles. The first-order chi connectivity index (χ1) is 10.7. The molecule has 0 amide bonds. The second kappa shape index (κ2) is 10.7. The molecule has 0 aromatic heterocycles. The van der Waals surface area contributed by atoms with Crippen molar-refractivity contribution in [2.45, 2.75) is 32.2 Å². The SMILES string of the molecule is CCN1CCCC1CN=C(N)NCCc1cccc(OC)c1.I. The molecule has 0 spiro atoms. The normalized spacial score (nSPS) is 18.5. The van der Waals surface area contributed by atoms with Crippen molar-refractivity contribution in [3.8, 4) is 5.75 Å². The molecule has 2 rings (SSSR count). The summed E-state index contributed by atoms with van der Waals surface area (Å²) in [5, 5.41) is 3.19. The summed E-state index contributed by atoms with van der Waals surface area (Å²) in [5.41, 5.74) is 7.18. The highest BCUT2D eigenvalue weighted by Gasteiger charge is 2.22. The molecule has 1 aromatic rings. The standard InChI is InChI=1S/C17H28N4O.HI/c1-3-21-11-5-7-15(21)13-20-17(18)19-10-9-14-6-4-8-16(12-14)22-2;/h4,6,8,12,15H,3,5,7,9-11,13H2,1-2H3,(H3,18,19,20);1H. The Morgan fingerprint density at radius 2 is 2.30 bits per heavy atom.